The van der Waals surface area contributed by atoms with Crippen LogP contribution in [0, 0.1) is 6.92 Å². The average Bonchev–Trinajstić information content (AvgIpc) is 2.35. The predicted octanol–water partition coefficient (Wildman–Crippen LogP) is 2.25. The van der Waals surface area contributed by atoms with Crippen LogP contribution in [-0.4, -0.2) is 16.7 Å². The number of nitrogen functional groups attached to an aromatic ring is 1. The number of aliphatic hydroxyl groups is 1. The number of aryl methyl sites for hydroxylation is 1. The van der Waals surface area contributed by atoms with Crippen molar-refractivity contribution in [2.24, 2.45) is 0 Å². The Morgan fingerprint density at radius 1 is 1.28 bits per heavy atom. The third-order valence-electron chi connectivity index (χ3n) is 2.67. The molecular formula is C14H17N3O. The molecule has 0 aliphatic rings. The summed E-state index contributed by atoms with van der Waals surface area (Å²) in [4.78, 5) is 4.26. The summed E-state index contributed by atoms with van der Waals surface area (Å²) in [5.41, 5.74) is 9.60. The first kappa shape index (κ1) is 12.4. The Morgan fingerprint density at radius 3 is 2.61 bits per heavy atom. The summed E-state index contributed by atoms with van der Waals surface area (Å²) in [6.45, 7) is 2.12. The van der Waals surface area contributed by atoms with Crippen LogP contribution in [0.2, 0.25) is 0 Å². The predicted molar refractivity (Wildman–Crippen MR) is 73.9 cm³/mol. The molecule has 0 amide bonds. The summed E-state index contributed by atoms with van der Waals surface area (Å²) < 4.78 is 0. The minimum absolute atomic E-state index is 0.166. The van der Waals surface area contributed by atoms with Crippen molar-refractivity contribution in [3.63, 3.8) is 0 Å². The van der Waals surface area contributed by atoms with E-state index in [9.17, 15) is 0 Å². The average molecular weight is 243 g/mol. The summed E-state index contributed by atoms with van der Waals surface area (Å²) >= 11 is 0. The van der Waals surface area contributed by atoms with Crippen LogP contribution in [-0.2, 0) is 6.42 Å². The normalized spacial score (nSPS) is 10.3. The third kappa shape index (κ3) is 2.99. The molecule has 0 saturated carbocycles. The number of nitrogens with one attached hydrogen (secondary N) is 1. The van der Waals surface area contributed by atoms with Crippen LogP contribution in [0.25, 0.3) is 0 Å². The monoisotopic (exact) mass is 243 g/mol. The van der Waals surface area contributed by atoms with E-state index in [0.717, 1.165) is 16.8 Å². The Balaban J connectivity index is 2.13. The molecule has 2 rings (SSSR count). The van der Waals surface area contributed by atoms with Crippen LogP contribution >= 0.6 is 0 Å². The van der Waals surface area contributed by atoms with E-state index >= 15 is 0 Å². The molecule has 1 aromatic carbocycles. The van der Waals surface area contributed by atoms with Crippen molar-refractivity contribution < 1.29 is 5.11 Å². The Hall–Kier alpha value is -2.07. The molecule has 0 spiro atoms. The van der Waals surface area contributed by atoms with Gasteiger partial charge in [-0.15, -0.1) is 0 Å². The van der Waals surface area contributed by atoms with Gasteiger partial charge in [0.1, 0.15) is 0 Å². The largest absolute Gasteiger partial charge is 0.396 e. The number of benzene rings is 1. The number of hydrogen-bond acceptors (Lipinski definition) is 4. The molecule has 18 heavy (non-hydrogen) atoms. The lowest BCUT2D eigenvalue weighted by molar-refractivity contribution is 0.299. The van der Waals surface area contributed by atoms with E-state index in [1.807, 2.05) is 37.3 Å². The van der Waals surface area contributed by atoms with E-state index in [-0.39, 0.29) is 6.61 Å². The zero-order chi connectivity index (χ0) is 13.0. The highest BCUT2D eigenvalue weighted by molar-refractivity contribution is 5.68. The first-order valence-corrected chi connectivity index (χ1v) is 5.88. The zero-order valence-electron chi connectivity index (χ0n) is 10.4. The summed E-state index contributed by atoms with van der Waals surface area (Å²) in [5.74, 6) is 0.663. The molecule has 1 heterocycles. The van der Waals surface area contributed by atoms with Gasteiger partial charge >= 0.3 is 0 Å². The minimum atomic E-state index is 0.166. The maximum absolute atomic E-state index is 8.84. The molecule has 0 saturated heterocycles. The molecule has 4 heteroatoms. The highest BCUT2D eigenvalue weighted by Gasteiger charge is 2.01. The van der Waals surface area contributed by atoms with E-state index in [2.05, 4.69) is 10.3 Å². The number of anilines is 3. The van der Waals surface area contributed by atoms with Crippen LogP contribution < -0.4 is 11.1 Å². The molecule has 4 N–H and O–H groups in total. The van der Waals surface area contributed by atoms with Crippen molar-refractivity contribution in [2.45, 2.75) is 13.3 Å². The van der Waals surface area contributed by atoms with Crippen molar-refractivity contribution in [3.8, 4) is 0 Å². The first-order valence-electron chi connectivity index (χ1n) is 5.88. The minimum Gasteiger partial charge on any atom is -0.396 e. The van der Waals surface area contributed by atoms with Gasteiger partial charge in [-0.3, -0.25) is 0 Å². The number of rotatable bonds is 4. The number of aliphatic hydroxyl groups excluding tert-OH is 1. The molecule has 0 aliphatic carbocycles. The van der Waals surface area contributed by atoms with Gasteiger partial charge in [0.15, 0.2) is 5.82 Å². The first-order chi connectivity index (χ1) is 8.69. The van der Waals surface area contributed by atoms with Gasteiger partial charge in [0.25, 0.3) is 0 Å². The lowest BCUT2D eigenvalue weighted by Crippen LogP contribution is -2.00. The van der Waals surface area contributed by atoms with Gasteiger partial charge in [-0.1, -0.05) is 12.1 Å². The number of hydrogen-bond donors (Lipinski definition) is 3. The van der Waals surface area contributed by atoms with Crippen LogP contribution in [0.1, 0.15) is 11.1 Å². The van der Waals surface area contributed by atoms with Gasteiger partial charge in [0.05, 0.1) is 5.69 Å². The lowest BCUT2D eigenvalue weighted by atomic mass is 10.1. The highest BCUT2D eigenvalue weighted by atomic mass is 16.2. The topological polar surface area (TPSA) is 71.2 Å². The van der Waals surface area contributed by atoms with Crippen LogP contribution in [0.3, 0.4) is 0 Å². The summed E-state index contributed by atoms with van der Waals surface area (Å²) in [5, 5.41) is 12.0. The Labute approximate surface area is 106 Å². The number of nitrogens with zero attached hydrogens (tertiary/aromatic N) is 1. The molecule has 0 fully saturated rings. The van der Waals surface area contributed by atoms with Crippen molar-refractivity contribution >= 4 is 17.2 Å². The fourth-order valence-electron chi connectivity index (χ4n) is 1.72. The third-order valence-corrected chi connectivity index (χ3v) is 2.67. The van der Waals surface area contributed by atoms with Crippen LogP contribution in [0.5, 0.6) is 0 Å². The van der Waals surface area contributed by atoms with Gasteiger partial charge in [-0.2, -0.15) is 0 Å². The van der Waals surface area contributed by atoms with Crippen LogP contribution in [0.4, 0.5) is 17.2 Å². The molecule has 0 bridgehead atoms. The number of aromatic nitrogens is 1. The van der Waals surface area contributed by atoms with Gasteiger partial charge in [0.2, 0.25) is 0 Å². The van der Waals surface area contributed by atoms with Gasteiger partial charge in [-0.25, -0.2) is 4.98 Å². The molecule has 94 valence electrons. The molecule has 4 nitrogen and oxygen atoms in total. The fraction of sp³-hybridized carbons (Fsp3) is 0.214. The quantitative estimate of drug-likeness (QED) is 0.770. The Kier molecular flexibility index (Phi) is 3.79. The maximum atomic E-state index is 8.84. The van der Waals surface area contributed by atoms with Crippen molar-refractivity contribution in [2.75, 3.05) is 17.7 Å². The molecule has 2 aromatic rings. The lowest BCUT2D eigenvalue weighted by Gasteiger charge is -2.09. The second-order valence-corrected chi connectivity index (χ2v) is 4.25. The summed E-state index contributed by atoms with van der Waals surface area (Å²) in [6, 6.07) is 9.74. The second kappa shape index (κ2) is 5.51. The van der Waals surface area contributed by atoms with Gasteiger partial charge < -0.3 is 16.2 Å². The smallest absolute Gasteiger partial charge is 0.153 e. The molecule has 1 aromatic heterocycles. The molecule has 0 radical (unpaired) electrons. The fourth-order valence-corrected chi connectivity index (χ4v) is 1.72. The van der Waals surface area contributed by atoms with E-state index in [0.29, 0.717) is 17.9 Å². The maximum Gasteiger partial charge on any atom is 0.153 e. The highest BCUT2D eigenvalue weighted by Crippen LogP contribution is 2.21. The molecule has 0 unspecified atom stereocenters. The Bertz CT molecular complexity index is 523. The SMILES string of the molecule is Cc1cnc(Nc2ccc(CCO)cc2)c(N)c1. The number of nitrogens with two attached hydrogens (primary N) is 1. The van der Waals surface area contributed by atoms with E-state index in [4.69, 9.17) is 10.8 Å². The standard InChI is InChI=1S/C14H17N3O/c1-10-8-13(15)14(16-9-10)17-12-4-2-11(3-5-12)6-7-18/h2-5,8-9,18H,6-7,15H2,1H3,(H,16,17). The van der Waals surface area contributed by atoms with E-state index in [1.54, 1.807) is 6.20 Å². The summed E-state index contributed by atoms with van der Waals surface area (Å²) in [6.07, 6.45) is 2.45. The van der Waals surface area contributed by atoms with Crippen molar-refractivity contribution in [1.82, 2.24) is 4.98 Å². The summed E-state index contributed by atoms with van der Waals surface area (Å²) in [7, 11) is 0. The van der Waals surface area contributed by atoms with E-state index < -0.39 is 0 Å². The molecule has 0 aliphatic heterocycles. The van der Waals surface area contributed by atoms with Gasteiger partial charge in [-0.05, 0) is 42.7 Å². The Morgan fingerprint density at radius 2 is 2.00 bits per heavy atom. The van der Waals surface area contributed by atoms with Crippen molar-refractivity contribution in [3.05, 3.63) is 47.7 Å². The molecular weight excluding hydrogens is 226 g/mol. The number of pyridine rings is 1. The molecule has 0 atom stereocenters. The van der Waals surface area contributed by atoms with Crippen molar-refractivity contribution in [1.29, 1.82) is 0 Å². The zero-order valence-corrected chi connectivity index (χ0v) is 10.4. The van der Waals surface area contributed by atoms with Crippen LogP contribution in [0.15, 0.2) is 36.5 Å². The second-order valence-electron chi connectivity index (χ2n) is 4.25. The van der Waals surface area contributed by atoms with Gasteiger partial charge in [0, 0.05) is 18.5 Å². The van der Waals surface area contributed by atoms with E-state index in [1.165, 1.54) is 0 Å².